The Morgan fingerprint density at radius 3 is 2.31 bits per heavy atom. The van der Waals surface area contributed by atoms with Crippen LogP contribution in [0.25, 0.3) is 0 Å². The van der Waals surface area contributed by atoms with E-state index in [1.165, 1.54) is 0 Å². The number of carbonyl (C=O) groups is 1. The van der Waals surface area contributed by atoms with Crippen LogP contribution >= 0.6 is 0 Å². The van der Waals surface area contributed by atoms with Crippen LogP contribution in [0, 0.1) is 0 Å². The Hall–Kier alpha value is -3.23. The van der Waals surface area contributed by atoms with E-state index >= 15 is 0 Å². The number of hydrogen-bond donors (Lipinski definition) is 2. The molecule has 0 radical (unpaired) electrons. The molecule has 2 aromatic heterocycles. The van der Waals surface area contributed by atoms with Gasteiger partial charge in [0.05, 0.1) is 17.3 Å². The molecule has 1 saturated heterocycles. The zero-order valence-corrected chi connectivity index (χ0v) is 18.2. The number of amides is 1. The minimum Gasteiger partial charge on any atom is -0.339 e. The molecule has 9 nitrogen and oxygen atoms in total. The molecule has 1 aliphatic carbocycles. The minimum atomic E-state index is -4.78. The second kappa shape index (κ2) is 9.43. The van der Waals surface area contributed by atoms with Crippen LogP contribution < -0.4 is 15.8 Å². The molecule has 1 fully saturated rings. The quantitative estimate of drug-likeness (QED) is 0.598. The molecule has 2 aromatic rings. The van der Waals surface area contributed by atoms with Crippen molar-refractivity contribution in [3.63, 3.8) is 0 Å². The molecule has 1 atom stereocenters. The minimum absolute atomic E-state index is 0.0562. The van der Waals surface area contributed by atoms with E-state index in [9.17, 15) is 35.9 Å². The number of halogens is 6. The highest BCUT2D eigenvalue weighted by Gasteiger charge is 2.41. The van der Waals surface area contributed by atoms with Gasteiger partial charge in [-0.15, -0.1) is 0 Å². The number of nitrogens with zero attached hydrogens (tertiary/aromatic N) is 5. The number of carbonyl (C=O) groups excluding carboxylic acids is 1. The van der Waals surface area contributed by atoms with Crippen LogP contribution in [-0.2, 0) is 23.6 Å². The Bertz CT molecular complexity index is 1120. The standard InChI is InChI=1S/C20H21F6N7O2/c21-19(22,23)11-9-28-18(29-10-11)33-7-5-32(6-8-33)14(34)3-4-27-13-2-1-12-15(20(24,25)26)17(35)31-30-16(12)13/h9-10,13,27H,1-8H2,(H,31,35)/t13-/m0/s1. The fourth-order valence-corrected chi connectivity index (χ4v) is 4.26. The van der Waals surface area contributed by atoms with Crippen molar-refractivity contribution in [1.29, 1.82) is 0 Å². The van der Waals surface area contributed by atoms with Crippen molar-refractivity contribution in [2.75, 3.05) is 37.6 Å². The predicted octanol–water partition coefficient (Wildman–Crippen LogP) is 1.91. The molecule has 2 aliphatic rings. The first-order valence-electron chi connectivity index (χ1n) is 10.8. The summed E-state index contributed by atoms with van der Waals surface area (Å²) < 4.78 is 77.6. The lowest BCUT2D eigenvalue weighted by Gasteiger charge is -2.34. The van der Waals surface area contributed by atoms with Gasteiger partial charge < -0.3 is 15.1 Å². The van der Waals surface area contributed by atoms with Crippen LogP contribution in [0.1, 0.15) is 41.3 Å². The molecule has 2 N–H and O–H groups in total. The number of fused-ring (bicyclic) bond motifs is 1. The van der Waals surface area contributed by atoms with E-state index in [0.717, 1.165) is 12.4 Å². The molecular formula is C20H21F6N7O2. The van der Waals surface area contributed by atoms with Crippen molar-refractivity contribution in [1.82, 2.24) is 30.4 Å². The van der Waals surface area contributed by atoms with Crippen molar-refractivity contribution in [3.05, 3.63) is 45.1 Å². The molecule has 0 bridgehead atoms. The monoisotopic (exact) mass is 505 g/mol. The second-order valence-electron chi connectivity index (χ2n) is 8.22. The summed E-state index contributed by atoms with van der Waals surface area (Å²) in [5.74, 6) is -0.0236. The van der Waals surface area contributed by atoms with Crippen molar-refractivity contribution in [2.24, 2.45) is 0 Å². The number of anilines is 1. The first-order valence-corrected chi connectivity index (χ1v) is 10.8. The summed E-state index contributed by atoms with van der Waals surface area (Å²) >= 11 is 0. The highest BCUT2D eigenvalue weighted by atomic mass is 19.4. The van der Waals surface area contributed by atoms with Crippen molar-refractivity contribution in [3.8, 4) is 0 Å². The van der Waals surface area contributed by atoms with Crippen molar-refractivity contribution >= 4 is 11.9 Å². The normalized spacial score (nSPS) is 18.6. The summed E-state index contributed by atoms with van der Waals surface area (Å²) in [5.41, 5.74) is -3.42. The Labute approximate surface area is 194 Å². The van der Waals surface area contributed by atoms with Gasteiger partial charge in [0.2, 0.25) is 11.9 Å². The number of alkyl halides is 6. The molecule has 35 heavy (non-hydrogen) atoms. The molecule has 0 spiro atoms. The Morgan fingerprint density at radius 1 is 1.06 bits per heavy atom. The largest absolute Gasteiger partial charge is 0.422 e. The summed E-state index contributed by atoms with van der Waals surface area (Å²) in [4.78, 5) is 35.0. The SMILES string of the molecule is O=C(CCN[C@H]1CCc2c1n[nH]c(=O)c2C(F)(F)F)N1CCN(c2ncc(C(F)(F)F)cn2)CC1. The van der Waals surface area contributed by atoms with Crippen LogP contribution in [0.3, 0.4) is 0 Å². The average molecular weight is 505 g/mol. The highest BCUT2D eigenvalue weighted by Crippen LogP contribution is 2.37. The van der Waals surface area contributed by atoms with Crippen molar-refractivity contribution in [2.45, 2.75) is 37.7 Å². The fraction of sp³-hybridized carbons (Fsp3) is 0.550. The van der Waals surface area contributed by atoms with Crippen LogP contribution in [-0.4, -0.2) is 63.7 Å². The lowest BCUT2D eigenvalue weighted by atomic mass is 10.1. The van der Waals surface area contributed by atoms with Gasteiger partial charge in [0, 0.05) is 51.5 Å². The Balaban J connectivity index is 1.27. The smallest absolute Gasteiger partial charge is 0.339 e. The first kappa shape index (κ1) is 24.9. The highest BCUT2D eigenvalue weighted by molar-refractivity contribution is 5.76. The van der Waals surface area contributed by atoms with Gasteiger partial charge in [-0.05, 0) is 18.4 Å². The molecular weight excluding hydrogens is 484 g/mol. The molecule has 0 saturated carbocycles. The number of aromatic nitrogens is 4. The summed E-state index contributed by atoms with van der Waals surface area (Å²) in [6.07, 6.45) is -7.39. The zero-order valence-electron chi connectivity index (χ0n) is 18.2. The van der Waals surface area contributed by atoms with Gasteiger partial charge in [0.15, 0.2) is 0 Å². The van der Waals surface area contributed by atoms with Gasteiger partial charge >= 0.3 is 12.4 Å². The Kier molecular flexibility index (Phi) is 6.71. The predicted molar refractivity (Wildman–Crippen MR) is 109 cm³/mol. The fourth-order valence-electron chi connectivity index (χ4n) is 4.26. The third kappa shape index (κ3) is 5.39. The van der Waals surface area contributed by atoms with Gasteiger partial charge in [0.25, 0.3) is 5.56 Å². The van der Waals surface area contributed by atoms with Gasteiger partial charge in [-0.2, -0.15) is 31.4 Å². The van der Waals surface area contributed by atoms with E-state index in [0.29, 0.717) is 32.6 Å². The number of aromatic amines is 1. The number of rotatable bonds is 5. The maximum absolute atomic E-state index is 13.2. The lowest BCUT2D eigenvalue weighted by molar-refractivity contribution is -0.139. The summed E-state index contributed by atoms with van der Waals surface area (Å²) in [6, 6.07) is -0.510. The molecule has 190 valence electrons. The molecule has 1 aliphatic heterocycles. The van der Waals surface area contributed by atoms with Crippen LogP contribution in [0.2, 0.25) is 0 Å². The van der Waals surface area contributed by atoms with Crippen LogP contribution in [0.15, 0.2) is 17.2 Å². The summed E-state index contributed by atoms with van der Waals surface area (Å²) in [6.45, 7) is 1.55. The van der Waals surface area contributed by atoms with Crippen LogP contribution in [0.4, 0.5) is 32.3 Å². The number of piperazine rings is 1. The molecule has 0 aromatic carbocycles. The third-order valence-electron chi connectivity index (χ3n) is 6.02. The Morgan fingerprint density at radius 2 is 1.71 bits per heavy atom. The topological polar surface area (TPSA) is 107 Å². The molecule has 4 rings (SSSR count). The van der Waals surface area contributed by atoms with E-state index in [1.807, 2.05) is 5.10 Å². The zero-order chi connectivity index (χ0) is 25.4. The summed E-state index contributed by atoms with van der Waals surface area (Å²) in [7, 11) is 0. The number of H-pyrrole nitrogens is 1. The molecule has 0 unspecified atom stereocenters. The molecule has 1 amide bonds. The van der Waals surface area contributed by atoms with Gasteiger partial charge in [-0.25, -0.2) is 15.1 Å². The van der Waals surface area contributed by atoms with E-state index in [1.54, 1.807) is 9.80 Å². The van der Waals surface area contributed by atoms with Gasteiger partial charge in [-0.1, -0.05) is 0 Å². The van der Waals surface area contributed by atoms with Gasteiger partial charge in [-0.3, -0.25) is 9.59 Å². The van der Waals surface area contributed by atoms with E-state index in [-0.39, 0.29) is 42.5 Å². The lowest BCUT2D eigenvalue weighted by Crippen LogP contribution is -2.49. The second-order valence-corrected chi connectivity index (χ2v) is 8.22. The van der Waals surface area contributed by atoms with E-state index in [4.69, 9.17) is 0 Å². The van der Waals surface area contributed by atoms with E-state index < -0.39 is 35.1 Å². The maximum Gasteiger partial charge on any atom is 0.422 e. The van der Waals surface area contributed by atoms with Crippen molar-refractivity contribution < 1.29 is 31.1 Å². The molecule has 15 heteroatoms. The summed E-state index contributed by atoms with van der Waals surface area (Å²) in [5, 5.41) is 8.72. The number of hydrogen-bond acceptors (Lipinski definition) is 7. The number of nitrogens with one attached hydrogen (secondary N) is 2. The van der Waals surface area contributed by atoms with Crippen LogP contribution in [0.5, 0.6) is 0 Å². The first-order chi connectivity index (χ1) is 16.4. The third-order valence-corrected chi connectivity index (χ3v) is 6.02. The van der Waals surface area contributed by atoms with E-state index in [2.05, 4.69) is 20.4 Å². The maximum atomic E-state index is 13.2. The molecule has 3 heterocycles. The van der Waals surface area contributed by atoms with Gasteiger partial charge in [0.1, 0.15) is 5.56 Å². The average Bonchev–Trinajstić information content (AvgIpc) is 3.20.